The Morgan fingerprint density at radius 3 is 2.00 bits per heavy atom. The summed E-state index contributed by atoms with van der Waals surface area (Å²) < 4.78 is 0. The van der Waals surface area contributed by atoms with Crippen molar-refractivity contribution in [3.8, 4) is 0 Å². The molecule has 78 valence electrons. The molecule has 1 aliphatic carbocycles. The molecule has 1 rings (SSSR count). The second-order valence-electron chi connectivity index (χ2n) is 4.13. The van der Waals surface area contributed by atoms with Crippen molar-refractivity contribution in [3.05, 3.63) is 0 Å². The number of nitrogens with zero attached hydrogens (tertiary/aromatic N) is 1. The van der Waals surface area contributed by atoms with Crippen LogP contribution in [-0.2, 0) is 0 Å². The molecule has 13 heavy (non-hydrogen) atoms. The molecule has 2 heteroatoms. The predicted octanol–water partition coefficient (Wildman–Crippen LogP) is 1.85. The van der Waals surface area contributed by atoms with E-state index in [9.17, 15) is 0 Å². The van der Waals surface area contributed by atoms with Crippen LogP contribution in [0.2, 0.25) is 0 Å². The molecule has 0 unspecified atom stereocenters. The van der Waals surface area contributed by atoms with Crippen molar-refractivity contribution >= 4 is 0 Å². The first-order valence-electron chi connectivity index (χ1n) is 5.75. The largest absolute Gasteiger partial charge is 0.330 e. The third-order valence-electron chi connectivity index (χ3n) is 3.48. The summed E-state index contributed by atoms with van der Waals surface area (Å²) in [6.45, 7) is 7.82. The van der Waals surface area contributed by atoms with Crippen molar-refractivity contribution in [2.45, 2.75) is 45.6 Å². The van der Waals surface area contributed by atoms with E-state index >= 15 is 0 Å². The fraction of sp³-hybridized carbons (Fsp3) is 1.00. The molecule has 0 bridgehead atoms. The van der Waals surface area contributed by atoms with Crippen molar-refractivity contribution in [1.29, 1.82) is 0 Å². The topological polar surface area (TPSA) is 29.3 Å². The maximum Gasteiger partial charge on any atom is 0.00952 e. The van der Waals surface area contributed by atoms with Crippen LogP contribution in [0.25, 0.3) is 0 Å². The summed E-state index contributed by atoms with van der Waals surface area (Å²) in [6, 6.07) is 0.845. The number of rotatable bonds is 4. The highest BCUT2D eigenvalue weighted by molar-refractivity contribution is 4.78. The quantitative estimate of drug-likeness (QED) is 0.722. The molecular formula is C11H24N2. The van der Waals surface area contributed by atoms with E-state index in [2.05, 4.69) is 18.7 Å². The highest BCUT2D eigenvalue weighted by atomic mass is 15.1. The Balaban J connectivity index is 2.30. The summed E-state index contributed by atoms with van der Waals surface area (Å²) >= 11 is 0. The van der Waals surface area contributed by atoms with E-state index in [0.717, 1.165) is 18.5 Å². The van der Waals surface area contributed by atoms with Gasteiger partial charge in [-0.1, -0.05) is 13.8 Å². The molecule has 0 aromatic rings. The van der Waals surface area contributed by atoms with Crippen LogP contribution in [0.3, 0.4) is 0 Å². The molecule has 2 N–H and O–H groups in total. The minimum Gasteiger partial charge on any atom is -0.330 e. The smallest absolute Gasteiger partial charge is 0.00952 e. The predicted molar refractivity (Wildman–Crippen MR) is 57.7 cm³/mol. The number of nitrogens with two attached hydrogens (primary N) is 1. The Morgan fingerprint density at radius 2 is 1.62 bits per heavy atom. The minimum absolute atomic E-state index is 0.812. The van der Waals surface area contributed by atoms with Gasteiger partial charge in [0, 0.05) is 6.04 Å². The first kappa shape index (κ1) is 11.0. The molecule has 0 aromatic carbocycles. The van der Waals surface area contributed by atoms with Gasteiger partial charge in [0.15, 0.2) is 0 Å². The van der Waals surface area contributed by atoms with E-state index in [1.54, 1.807) is 0 Å². The van der Waals surface area contributed by atoms with Crippen LogP contribution in [0.1, 0.15) is 39.5 Å². The van der Waals surface area contributed by atoms with Crippen molar-refractivity contribution in [2.24, 2.45) is 11.7 Å². The lowest BCUT2D eigenvalue weighted by Gasteiger charge is -2.35. The Kier molecular flexibility index (Phi) is 4.74. The highest BCUT2D eigenvalue weighted by Crippen LogP contribution is 2.26. The van der Waals surface area contributed by atoms with E-state index in [-0.39, 0.29) is 0 Å². The molecule has 0 saturated heterocycles. The summed E-state index contributed by atoms with van der Waals surface area (Å²) in [4.78, 5) is 2.59. The molecule has 0 amide bonds. The van der Waals surface area contributed by atoms with Crippen LogP contribution < -0.4 is 5.73 Å². The minimum atomic E-state index is 0.812. The standard InChI is InChI=1S/C11H24N2/c1-3-13(4-2)11-7-5-10(9-12)6-8-11/h10-11H,3-9,12H2,1-2H3. The summed E-state index contributed by atoms with van der Waals surface area (Å²) in [5, 5.41) is 0. The van der Waals surface area contributed by atoms with Gasteiger partial charge in [-0.15, -0.1) is 0 Å². The van der Waals surface area contributed by atoms with Crippen molar-refractivity contribution in [1.82, 2.24) is 4.90 Å². The van der Waals surface area contributed by atoms with E-state index in [1.807, 2.05) is 0 Å². The third kappa shape index (κ3) is 2.96. The Bertz CT molecular complexity index is 124. The van der Waals surface area contributed by atoms with Crippen molar-refractivity contribution in [2.75, 3.05) is 19.6 Å². The van der Waals surface area contributed by atoms with Gasteiger partial charge in [0.2, 0.25) is 0 Å². The van der Waals surface area contributed by atoms with E-state index < -0.39 is 0 Å². The Hall–Kier alpha value is -0.0800. The third-order valence-corrected chi connectivity index (χ3v) is 3.48. The van der Waals surface area contributed by atoms with Gasteiger partial charge >= 0.3 is 0 Å². The molecule has 0 atom stereocenters. The average molecular weight is 184 g/mol. The van der Waals surface area contributed by atoms with Gasteiger partial charge in [0.05, 0.1) is 0 Å². The molecule has 0 aromatic heterocycles. The first-order chi connectivity index (χ1) is 6.31. The number of hydrogen-bond donors (Lipinski definition) is 1. The monoisotopic (exact) mass is 184 g/mol. The second-order valence-corrected chi connectivity index (χ2v) is 4.13. The molecule has 0 heterocycles. The SMILES string of the molecule is CCN(CC)C1CCC(CN)CC1. The zero-order chi connectivity index (χ0) is 9.68. The van der Waals surface area contributed by atoms with E-state index in [4.69, 9.17) is 5.73 Å². The Morgan fingerprint density at radius 1 is 1.08 bits per heavy atom. The lowest BCUT2D eigenvalue weighted by atomic mass is 9.85. The van der Waals surface area contributed by atoms with Gasteiger partial charge < -0.3 is 10.6 Å². The maximum absolute atomic E-state index is 5.68. The summed E-state index contributed by atoms with van der Waals surface area (Å²) in [7, 11) is 0. The van der Waals surface area contributed by atoms with Crippen LogP contribution in [0, 0.1) is 5.92 Å². The number of hydrogen-bond acceptors (Lipinski definition) is 2. The zero-order valence-electron chi connectivity index (χ0n) is 9.13. The van der Waals surface area contributed by atoms with Gasteiger partial charge in [-0.05, 0) is 51.2 Å². The average Bonchev–Trinajstić information content (AvgIpc) is 2.21. The molecule has 1 fully saturated rings. The maximum atomic E-state index is 5.68. The van der Waals surface area contributed by atoms with E-state index in [1.165, 1.54) is 38.8 Å². The summed E-state index contributed by atoms with van der Waals surface area (Å²) in [5.74, 6) is 0.812. The molecule has 0 radical (unpaired) electrons. The second kappa shape index (κ2) is 5.61. The fourth-order valence-corrected chi connectivity index (χ4v) is 2.49. The lowest BCUT2D eigenvalue weighted by Crippen LogP contribution is -2.38. The van der Waals surface area contributed by atoms with Gasteiger partial charge in [-0.3, -0.25) is 0 Å². The van der Waals surface area contributed by atoms with Gasteiger partial charge in [0.25, 0.3) is 0 Å². The van der Waals surface area contributed by atoms with Crippen LogP contribution >= 0.6 is 0 Å². The normalized spacial score (nSPS) is 29.5. The van der Waals surface area contributed by atoms with Crippen LogP contribution in [0.15, 0.2) is 0 Å². The molecule has 0 aliphatic heterocycles. The molecule has 0 spiro atoms. The lowest BCUT2D eigenvalue weighted by molar-refractivity contribution is 0.150. The summed E-state index contributed by atoms with van der Waals surface area (Å²) in [5.41, 5.74) is 5.68. The van der Waals surface area contributed by atoms with Gasteiger partial charge in [0.1, 0.15) is 0 Å². The highest BCUT2D eigenvalue weighted by Gasteiger charge is 2.23. The molecular weight excluding hydrogens is 160 g/mol. The molecule has 1 aliphatic rings. The van der Waals surface area contributed by atoms with Gasteiger partial charge in [-0.25, -0.2) is 0 Å². The molecule has 2 nitrogen and oxygen atoms in total. The van der Waals surface area contributed by atoms with E-state index in [0.29, 0.717) is 0 Å². The zero-order valence-corrected chi connectivity index (χ0v) is 9.13. The summed E-state index contributed by atoms with van der Waals surface area (Å²) in [6.07, 6.45) is 5.42. The van der Waals surface area contributed by atoms with Crippen LogP contribution in [-0.4, -0.2) is 30.6 Å². The van der Waals surface area contributed by atoms with Crippen molar-refractivity contribution in [3.63, 3.8) is 0 Å². The Labute approximate surface area is 82.5 Å². The van der Waals surface area contributed by atoms with Crippen molar-refractivity contribution < 1.29 is 0 Å². The van der Waals surface area contributed by atoms with Gasteiger partial charge in [-0.2, -0.15) is 0 Å². The van der Waals surface area contributed by atoms with Crippen LogP contribution in [0.4, 0.5) is 0 Å². The molecule has 1 saturated carbocycles. The first-order valence-corrected chi connectivity index (χ1v) is 5.75. The fourth-order valence-electron chi connectivity index (χ4n) is 2.49. The van der Waals surface area contributed by atoms with Crippen LogP contribution in [0.5, 0.6) is 0 Å².